The molecule has 1 aromatic carbocycles. The Morgan fingerprint density at radius 1 is 1.21 bits per heavy atom. The van der Waals surface area contributed by atoms with Crippen LogP contribution in [0, 0.1) is 5.92 Å². The summed E-state index contributed by atoms with van der Waals surface area (Å²) in [6.07, 6.45) is -2.49. The number of benzene rings is 1. The van der Waals surface area contributed by atoms with Gasteiger partial charge in [-0.2, -0.15) is 0 Å². The summed E-state index contributed by atoms with van der Waals surface area (Å²) in [6, 6.07) is 5.35. The van der Waals surface area contributed by atoms with Gasteiger partial charge in [-0.3, -0.25) is 0 Å². The molecule has 0 aliphatic carbocycles. The minimum absolute atomic E-state index is 0.353. The Hall–Kier alpha value is -1.36. The zero-order chi connectivity index (χ0) is 14.3. The molecule has 0 aromatic heterocycles. The van der Waals surface area contributed by atoms with Gasteiger partial charge in [-0.15, -0.1) is 0 Å². The summed E-state index contributed by atoms with van der Waals surface area (Å²) >= 11 is 0. The Balaban J connectivity index is 2.65. The molecule has 3 nitrogen and oxygen atoms in total. The first kappa shape index (κ1) is 15.7. The van der Waals surface area contributed by atoms with Crippen LogP contribution in [-0.4, -0.2) is 26.7 Å². The number of nitrogens with one attached hydrogen (secondary N) is 1. The van der Waals surface area contributed by atoms with Crippen molar-refractivity contribution in [3.05, 3.63) is 23.8 Å². The summed E-state index contributed by atoms with van der Waals surface area (Å²) in [5, 5.41) is 3.29. The Morgan fingerprint density at radius 3 is 2.53 bits per heavy atom. The van der Waals surface area contributed by atoms with Gasteiger partial charge < -0.3 is 14.8 Å². The summed E-state index contributed by atoms with van der Waals surface area (Å²) in [7, 11) is 1.49. The van der Waals surface area contributed by atoms with Crippen molar-refractivity contribution in [2.45, 2.75) is 26.8 Å². The largest absolute Gasteiger partial charge is 0.493 e. The molecular formula is C14H21F2NO2. The normalized spacial score (nSPS) is 11.1. The standard InChI is InChI=1S/C14H21F2NO2/c1-10(2)7-17-8-11-4-5-12(18-3)13(6-11)19-9-14(15)16/h4-6,10,14,17H,7-9H2,1-3H3. The maximum atomic E-state index is 12.2. The molecule has 0 aliphatic rings. The van der Waals surface area contributed by atoms with Crippen molar-refractivity contribution in [2.24, 2.45) is 5.92 Å². The highest BCUT2D eigenvalue weighted by atomic mass is 19.3. The Bertz CT molecular complexity index is 384. The van der Waals surface area contributed by atoms with Crippen LogP contribution in [0.25, 0.3) is 0 Å². The average Bonchev–Trinajstić information content (AvgIpc) is 2.36. The van der Waals surface area contributed by atoms with Gasteiger partial charge in [0.1, 0.15) is 6.61 Å². The van der Waals surface area contributed by atoms with Gasteiger partial charge in [0.2, 0.25) is 0 Å². The quantitative estimate of drug-likeness (QED) is 0.789. The fourth-order valence-electron chi connectivity index (χ4n) is 1.60. The molecule has 0 unspecified atom stereocenters. The second-order valence-corrected chi connectivity index (χ2v) is 4.71. The molecule has 5 heteroatoms. The first-order valence-corrected chi connectivity index (χ1v) is 6.31. The number of rotatable bonds is 8. The summed E-state index contributed by atoms with van der Waals surface area (Å²) < 4.78 is 34.5. The van der Waals surface area contributed by atoms with Crippen molar-refractivity contribution in [1.29, 1.82) is 0 Å². The van der Waals surface area contributed by atoms with Crippen LogP contribution in [-0.2, 0) is 6.54 Å². The van der Waals surface area contributed by atoms with Gasteiger partial charge in [0, 0.05) is 6.54 Å². The van der Waals surface area contributed by atoms with Gasteiger partial charge in [0.15, 0.2) is 11.5 Å². The average molecular weight is 273 g/mol. The van der Waals surface area contributed by atoms with Gasteiger partial charge in [0.25, 0.3) is 6.43 Å². The highest BCUT2D eigenvalue weighted by Gasteiger charge is 2.09. The molecule has 0 fully saturated rings. The van der Waals surface area contributed by atoms with E-state index in [9.17, 15) is 8.78 Å². The van der Waals surface area contributed by atoms with E-state index in [1.165, 1.54) is 7.11 Å². The zero-order valence-electron chi connectivity index (χ0n) is 11.6. The maximum absolute atomic E-state index is 12.2. The van der Waals surface area contributed by atoms with Crippen molar-refractivity contribution >= 4 is 0 Å². The lowest BCUT2D eigenvalue weighted by atomic mass is 10.2. The fourth-order valence-corrected chi connectivity index (χ4v) is 1.60. The molecule has 0 amide bonds. The molecule has 0 radical (unpaired) electrons. The zero-order valence-corrected chi connectivity index (χ0v) is 11.6. The summed E-state index contributed by atoms with van der Waals surface area (Å²) in [5.41, 5.74) is 0.978. The number of hydrogen-bond donors (Lipinski definition) is 1. The van der Waals surface area contributed by atoms with Crippen LogP contribution >= 0.6 is 0 Å². The van der Waals surface area contributed by atoms with E-state index in [2.05, 4.69) is 19.2 Å². The van der Waals surface area contributed by atoms with Crippen LogP contribution in [0.2, 0.25) is 0 Å². The van der Waals surface area contributed by atoms with Crippen molar-refractivity contribution in [1.82, 2.24) is 5.32 Å². The lowest BCUT2D eigenvalue weighted by molar-refractivity contribution is 0.0804. The van der Waals surface area contributed by atoms with Gasteiger partial charge in [-0.25, -0.2) is 8.78 Å². The Labute approximate surface area is 112 Å². The third-order valence-electron chi connectivity index (χ3n) is 2.47. The van der Waals surface area contributed by atoms with E-state index in [1.54, 1.807) is 12.1 Å². The molecule has 0 aliphatic heterocycles. The molecule has 1 aromatic rings. The minimum Gasteiger partial charge on any atom is -0.493 e. The van der Waals surface area contributed by atoms with Crippen molar-refractivity contribution < 1.29 is 18.3 Å². The van der Waals surface area contributed by atoms with Crippen LogP contribution in [0.5, 0.6) is 11.5 Å². The highest BCUT2D eigenvalue weighted by molar-refractivity contribution is 5.42. The highest BCUT2D eigenvalue weighted by Crippen LogP contribution is 2.28. The molecule has 0 atom stereocenters. The summed E-state index contributed by atoms with van der Waals surface area (Å²) in [4.78, 5) is 0. The summed E-state index contributed by atoms with van der Waals surface area (Å²) in [5.74, 6) is 1.38. The molecule has 0 spiro atoms. The van der Waals surface area contributed by atoms with E-state index in [-0.39, 0.29) is 0 Å². The van der Waals surface area contributed by atoms with E-state index in [0.717, 1.165) is 12.1 Å². The van der Waals surface area contributed by atoms with Crippen molar-refractivity contribution in [3.8, 4) is 11.5 Å². The number of methoxy groups -OCH3 is 1. The van der Waals surface area contributed by atoms with E-state index < -0.39 is 13.0 Å². The monoisotopic (exact) mass is 273 g/mol. The predicted molar refractivity (Wildman–Crippen MR) is 71.0 cm³/mol. The molecule has 1 rings (SSSR count). The third-order valence-corrected chi connectivity index (χ3v) is 2.47. The first-order valence-electron chi connectivity index (χ1n) is 6.31. The van der Waals surface area contributed by atoms with Crippen LogP contribution in [0.4, 0.5) is 8.78 Å². The van der Waals surface area contributed by atoms with Crippen molar-refractivity contribution in [2.75, 3.05) is 20.3 Å². The van der Waals surface area contributed by atoms with E-state index in [1.807, 2.05) is 6.07 Å². The van der Waals surface area contributed by atoms with Gasteiger partial charge in [0.05, 0.1) is 7.11 Å². The molecule has 108 valence electrons. The molecule has 1 N–H and O–H groups in total. The molecule has 0 saturated heterocycles. The molecule has 0 heterocycles. The molecular weight excluding hydrogens is 252 g/mol. The lowest BCUT2D eigenvalue weighted by Gasteiger charge is -2.13. The Morgan fingerprint density at radius 2 is 1.95 bits per heavy atom. The molecule has 0 saturated carbocycles. The minimum atomic E-state index is -2.49. The summed E-state index contributed by atoms with van der Waals surface area (Å²) in [6.45, 7) is 5.20. The number of halogens is 2. The SMILES string of the molecule is COc1ccc(CNCC(C)C)cc1OCC(F)F. The first-order chi connectivity index (χ1) is 9.02. The van der Waals surface area contributed by atoms with Crippen LogP contribution < -0.4 is 14.8 Å². The lowest BCUT2D eigenvalue weighted by Crippen LogP contribution is -2.19. The maximum Gasteiger partial charge on any atom is 0.272 e. The number of ether oxygens (including phenoxy) is 2. The predicted octanol–water partition coefficient (Wildman–Crippen LogP) is 3.08. The van der Waals surface area contributed by atoms with Crippen LogP contribution in [0.3, 0.4) is 0 Å². The number of alkyl halides is 2. The molecule has 0 bridgehead atoms. The van der Waals surface area contributed by atoms with Gasteiger partial charge >= 0.3 is 0 Å². The van der Waals surface area contributed by atoms with Gasteiger partial charge in [-0.1, -0.05) is 19.9 Å². The fraction of sp³-hybridized carbons (Fsp3) is 0.571. The Kier molecular flexibility index (Phi) is 6.56. The van der Waals surface area contributed by atoms with E-state index >= 15 is 0 Å². The van der Waals surface area contributed by atoms with E-state index in [4.69, 9.17) is 9.47 Å². The smallest absolute Gasteiger partial charge is 0.272 e. The second kappa shape index (κ2) is 7.94. The molecule has 19 heavy (non-hydrogen) atoms. The second-order valence-electron chi connectivity index (χ2n) is 4.71. The van der Waals surface area contributed by atoms with Crippen LogP contribution in [0.15, 0.2) is 18.2 Å². The topological polar surface area (TPSA) is 30.5 Å². The third kappa shape index (κ3) is 5.87. The van der Waals surface area contributed by atoms with E-state index in [0.29, 0.717) is 24.0 Å². The number of hydrogen-bond acceptors (Lipinski definition) is 3. The van der Waals surface area contributed by atoms with Crippen molar-refractivity contribution in [3.63, 3.8) is 0 Å². The van der Waals surface area contributed by atoms with Crippen LogP contribution in [0.1, 0.15) is 19.4 Å². The van der Waals surface area contributed by atoms with Gasteiger partial charge in [-0.05, 0) is 30.2 Å².